The zero-order valence-electron chi connectivity index (χ0n) is 13.1. The molecule has 6 heteroatoms. The van der Waals surface area contributed by atoms with Crippen LogP contribution in [0.25, 0.3) is 0 Å². The fourth-order valence-electron chi connectivity index (χ4n) is 2.38. The molecule has 1 N–H and O–H groups in total. The number of aryl methyl sites for hydroxylation is 1. The van der Waals surface area contributed by atoms with Gasteiger partial charge in [-0.15, -0.1) is 0 Å². The first-order valence-corrected chi connectivity index (χ1v) is 7.38. The average molecular weight is 282 g/mol. The van der Waals surface area contributed by atoms with Gasteiger partial charge in [0, 0.05) is 18.5 Å². The molecule has 1 atom stereocenters. The lowest BCUT2D eigenvalue weighted by Crippen LogP contribution is -2.32. The number of nitrogens with one attached hydrogen (secondary N) is 1. The highest BCUT2D eigenvalue weighted by Gasteiger charge is 2.27. The molecule has 1 unspecified atom stereocenters. The van der Waals surface area contributed by atoms with E-state index in [4.69, 9.17) is 0 Å². The molecular formula is C14H26N4O2. The van der Waals surface area contributed by atoms with Crippen LogP contribution in [0.4, 0.5) is 5.69 Å². The first kappa shape index (κ1) is 16.6. The molecule has 0 aliphatic carbocycles. The van der Waals surface area contributed by atoms with Crippen LogP contribution in [0.5, 0.6) is 0 Å². The Morgan fingerprint density at radius 2 is 2.05 bits per heavy atom. The molecule has 0 radical (unpaired) electrons. The number of aromatic nitrogens is 2. The highest BCUT2D eigenvalue weighted by Crippen LogP contribution is 2.27. The van der Waals surface area contributed by atoms with Gasteiger partial charge in [-0.25, -0.2) is 0 Å². The normalized spacial score (nSPS) is 12.9. The molecule has 1 aromatic heterocycles. The second-order valence-electron chi connectivity index (χ2n) is 5.44. The van der Waals surface area contributed by atoms with Gasteiger partial charge >= 0.3 is 5.69 Å². The molecule has 1 heterocycles. The standard InChI is InChI=1S/C14H26N4O2/c1-6-8-15-12(7-2)9-13-14(18(19)20)11(5)16-17(13)10(3)4/h10,12,15H,6-9H2,1-5H3. The van der Waals surface area contributed by atoms with Gasteiger partial charge in [-0.1, -0.05) is 13.8 Å². The van der Waals surface area contributed by atoms with Crippen molar-refractivity contribution < 1.29 is 4.92 Å². The smallest absolute Gasteiger partial charge is 0.313 e. The summed E-state index contributed by atoms with van der Waals surface area (Å²) in [7, 11) is 0. The average Bonchev–Trinajstić information content (AvgIpc) is 2.71. The maximum Gasteiger partial charge on any atom is 0.313 e. The minimum absolute atomic E-state index is 0.126. The minimum atomic E-state index is -0.302. The predicted molar refractivity (Wildman–Crippen MR) is 80.1 cm³/mol. The maximum absolute atomic E-state index is 11.3. The van der Waals surface area contributed by atoms with Gasteiger partial charge in [0.25, 0.3) is 0 Å². The van der Waals surface area contributed by atoms with Crippen molar-refractivity contribution in [3.05, 3.63) is 21.5 Å². The monoisotopic (exact) mass is 282 g/mol. The molecular weight excluding hydrogens is 256 g/mol. The van der Waals surface area contributed by atoms with Crippen molar-refractivity contribution in [3.8, 4) is 0 Å². The van der Waals surface area contributed by atoms with Gasteiger partial charge in [0.05, 0.1) is 4.92 Å². The molecule has 0 spiro atoms. The van der Waals surface area contributed by atoms with Crippen molar-refractivity contribution in [2.45, 2.75) is 66.0 Å². The number of rotatable bonds is 8. The Kier molecular flexibility index (Phi) is 6.13. The van der Waals surface area contributed by atoms with Crippen LogP contribution >= 0.6 is 0 Å². The predicted octanol–water partition coefficient (Wildman–Crippen LogP) is 3.00. The first-order chi connectivity index (χ1) is 9.42. The Hall–Kier alpha value is -1.43. The number of nitro groups is 1. The molecule has 0 saturated heterocycles. The Bertz CT molecular complexity index is 454. The molecule has 114 valence electrons. The van der Waals surface area contributed by atoms with E-state index >= 15 is 0 Å². The summed E-state index contributed by atoms with van der Waals surface area (Å²) < 4.78 is 1.80. The summed E-state index contributed by atoms with van der Waals surface area (Å²) in [6.07, 6.45) is 2.65. The number of hydrogen-bond acceptors (Lipinski definition) is 4. The molecule has 0 amide bonds. The second-order valence-corrected chi connectivity index (χ2v) is 5.44. The van der Waals surface area contributed by atoms with Crippen molar-refractivity contribution in [2.24, 2.45) is 0 Å². The Balaban J connectivity index is 3.09. The topological polar surface area (TPSA) is 73.0 Å². The summed E-state index contributed by atoms with van der Waals surface area (Å²) in [6, 6.07) is 0.378. The van der Waals surface area contributed by atoms with Gasteiger partial charge in [-0.05, 0) is 40.2 Å². The van der Waals surface area contributed by atoms with E-state index in [0.717, 1.165) is 25.1 Å². The molecule has 1 rings (SSSR count). The molecule has 0 aromatic carbocycles. The fourth-order valence-corrected chi connectivity index (χ4v) is 2.38. The maximum atomic E-state index is 11.3. The van der Waals surface area contributed by atoms with Crippen LogP contribution < -0.4 is 5.32 Å². The molecule has 0 fully saturated rings. The lowest BCUT2D eigenvalue weighted by molar-refractivity contribution is -0.386. The van der Waals surface area contributed by atoms with Crippen LogP contribution in [0.15, 0.2) is 0 Å². The summed E-state index contributed by atoms with van der Waals surface area (Å²) >= 11 is 0. The molecule has 0 bridgehead atoms. The van der Waals surface area contributed by atoms with Gasteiger partial charge in [-0.2, -0.15) is 5.10 Å². The lowest BCUT2D eigenvalue weighted by Gasteiger charge is -2.18. The van der Waals surface area contributed by atoms with Crippen LogP contribution in [0.3, 0.4) is 0 Å². The summed E-state index contributed by atoms with van der Waals surface area (Å²) in [5.74, 6) is 0. The van der Waals surface area contributed by atoms with Gasteiger partial charge < -0.3 is 5.32 Å². The van der Waals surface area contributed by atoms with E-state index in [-0.39, 0.29) is 22.7 Å². The molecule has 20 heavy (non-hydrogen) atoms. The minimum Gasteiger partial charge on any atom is -0.314 e. The van der Waals surface area contributed by atoms with Gasteiger partial charge in [0.2, 0.25) is 0 Å². The second kappa shape index (κ2) is 7.38. The van der Waals surface area contributed by atoms with E-state index in [1.807, 2.05) is 13.8 Å². The molecule has 1 aromatic rings. The van der Waals surface area contributed by atoms with E-state index in [0.29, 0.717) is 12.1 Å². The van der Waals surface area contributed by atoms with Crippen molar-refractivity contribution in [2.75, 3.05) is 6.54 Å². The number of hydrogen-bond donors (Lipinski definition) is 1. The molecule has 6 nitrogen and oxygen atoms in total. The highest BCUT2D eigenvalue weighted by atomic mass is 16.6. The number of nitrogens with zero attached hydrogens (tertiary/aromatic N) is 3. The molecule has 0 aliphatic heterocycles. The van der Waals surface area contributed by atoms with E-state index in [1.54, 1.807) is 11.6 Å². The van der Waals surface area contributed by atoms with E-state index in [2.05, 4.69) is 24.3 Å². The van der Waals surface area contributed by atoms with Crippen LogP contribution in [-0.4, -0.2) is 27.3 Å². The Labute approximate surface area is 120 Å². The zero-order chi connectivity index (χ0) is 15.3. The summed E-state index contributed by atoms with van der Waals surface area (Å²) in [5, 5.41) is 19.1. The SMILES string of the molecule is CCCNC(CC)Cc1c([N+](=O)[O-])c(C)nn1C(C)C. The largest absolute Gasteiger partial charge is 0.314 e. The van der Waals surface area contributed by atoms with Gasteiger partial charge in [-0.3, -0.25) is 14.8 Å². The van der Waals surface area contributed by atoms with Crippen molar-refractivity contribution >= 4 is 5.69 Å². The lowest BCUT2D eigenvalue weighted by atomic mass is 10.1. The third kappa shape index (κ3) is 3.79. The quantitative estimate of drug-likeness (QED) is 0.587. The molecule has 0 saturated carbocycles. The Morgan fingerprint density at radius 3 is 2.50 bits per heavy atom. The van der Waals surface area contributed by atoms with Crippen LogP contribution in [0.2, 0.25) is 0 Å². The van der Waals surface area contributed by atoms with Crippen molar-refractivity contribution in [3.63, 3.8) is 0 Å². The zero-order valence-corrected chi connectivity index (χ0v) is 13.1. The van der Waals surface area contributed by atoms with Crippen LogP contribution in [0, 0.1) is 17.0 Å². The summed E-state index contributed by atoms with van der Waals surface area (Å²) in [4.78, 5) is 11.0. The first-order valence-electron chi connectivity index (χ1n) is 7.38. The summed E-state index contributed by atoms with van der Waals surface area (Å²) in [6.45, 7) is 10.9. The third-order valence-electron chi connectivity index (χ3n) is 3.44. The highest BCUT2D eigenvalue weighted by molar-refractivity contribution is 5.41. The molecule has 0 aliphatic rings. The Morgan fingerprint density at radius 1 is 1.40 bits per heavy atom. The third-order valence-corrected chi connectivity index (χ3v) is 3.44. The van der Waals surface area contributed by atoms with Crippen LogP contribution in [-0.2, 0) is 6.42 Å². The fraction of sp³-hybridized carbons (Fsp3) is 0.786. The van der Waals surface area contributed by atoms with E-state index in [9.17, 15) is 10.1 Å². The van der Waals surface area contributed by atoms with Crippen molar-refractivity contribution in [1.29, 1.82) is 0 Å². The summed E-state index contributed by atoms with van der Waals surface area (Å²) in [5.41, 5.74) is 1.41. The van der Waals surface area contributed by atoms with E-state index < -0.39 is 0 Å². The van der Waals surface area contributed by atoms with Gasteiger partial charge in [0.1, 0.15) is 11.4 Å². The van der Waals surface area contributed by atoms with Crippen LogP contribution in [0.1, 0.15) is 58.0 Å². The van der Waals surface area contributed by atoms with Crippen molar-refractivity contribution in [1.82, 2.24) is 15.1 Å². The van der Waals surface area contributed by atoms with E-state index in [1.165, 1.54) is 0 Å². The van der Waals surface area contributed by atoms with Gasteiger partial charge in [0.15, 0.2) is 0 Å².